The van der Waals surface area contributed by atoms with E-state index in [4.69, 9.17) is 9.47 Å². The molecule has 0 saturated heterocycles. The second kappa shape index (κ2) is 6.57. The smallest absolute Gasteiger partial charge is 0.323 e. The number of benzene rings is 3. The molecule has 124 valence electrons. The van der Waals surface area contributed by atoms with Gasteiger partial charge in [-0.15, -0.1) is 0 Å². The highest BCUT2D eigenvalue weighted by Gasteiger charge is 2.14. The number of amides is 2. The molecule has 1 aliphatic rings. The first-order chi connectivity index (χ1) is 12.3. The maximum atomic E-state index is 12.1. The minimum atomic E-state index is -0.314. The molecule has 0 aromatic heterocycles. The minimum absolute atomic E-state index is 0.207. The number of ether oxygens (including phenoxy) is 2. The summed E-state index contributed by atoms with van der Waals surface area (Å²) in [5.74, 6) is 1.31. The molecular weight excluding hydrogens is 316 g/mol. The molecule has 3 aromatic rings. The summed E-state index contributed by atoms with van der Waals surface area (Å²) in [4.78, 5) is 12.1. The molecule has 0 bridgehead atoms. The summed E-state index contributed by atoms with van der Waals surface area (Å²) in [5, 5.41) is 5.60. The Hall–Kier alpha value is -3.47. The Morgan fingerprint density at radius 2 is 1.36 bits per heavy atom. The number of urea groups is 1. The maximum Gasteiger partial charge on any atom is 0.323 e. The number of fused-ring (bicyclic) bond motifs is 1. The third-order valence-corrected chi connectivity index (χ3v) is 3.88. The lowest BCUT2D eigenvalue weighted by molar-refractivity contribution is 0.174. The van der Waals surface area contributed by atoms with Gasteiger partial charge in [-0.05, 0) is 35.4 Å². The molecule has 5 heteroatoms. The van der Waals surface area contributed by atoms with E-state index in [-0.39, 0.29) is 12.8 Å². The van der Waals surface area contributed by atoms with Crippen LogP contribution in [0.2, 0.25) is 0 Å². The molecule has 5 nitrogen and oxygen atoms in total. The Morgan fingerprint density at radius 1 is 0.720 bits per heavy atom. The van der Waals surface area contributed by atoms with E-state index in [1.54, 1.807) is 18.2 Å². The fourth-order valence-corrected chi connectivity index (χ4v) is 2.64. The first-order valence-corrected chi connectivity index (χ1v) is 7.91. The summed E-state index contributed by atoms with van der Waals surface area (Å²) < 4.78 is 10.6. The summed E-state index contributed by atoms with van der Waals surface area (Å²) in [6, 6.07) is 22.8. The second-order valence-corrected chi connectivity index (χ2v) is 5.59. The van der Waals surface area contributed by atoms with Crippen LogP contribution < -0.4 is 20.1 Å². The van der Waals surface area contributed by atoms with E-state index >= 15 is 0 Å². The van der Waals surface area contributed by atoms with Gasteiger partial charge in [0.1, 0.15) is 0 Å². The molecule has 1 heterocycles. The zero-order chi connectivity index (χ0) is 17.1. The normalized spacial score (nSPS) is 11.8. The molecular formula is C20H16N2O3. The Kier molecular flexibility index (Phi) is 3.96. The highest BCUT2D eigenvalue weighted by atomic mass is 16.7. The molecule has 0 spiro atoms. The molecule has 0 aliphatic carbocycles. The zero-order valence-electron chi connectivity index (χ0n) is 13.4. The van der Waals surface area contributed by atoms with Crippen LogP contribution in [0.5, 0.6) is 11.5 Å². The lowest BCUT2D eigenvalue weighted by Crippen LogP contribution is -2.19. The van der Waals surface area contributed by atoms with Crippen LogP contribution in [-0.2, 0) is 0 Å². The van der Waals surface area contributed by atoms with Crippen molar-refractivity contribution in [2.45, 2.75) is 0 Å². The van der Waals surface area contributed by atoms with E-state index < -0.39 is 0 Å². The molecule has 1 aliphatic heterocycles. The van der Waals surface area contributed by atoms with Crippen molar-refractivity contribution in [3.63, 3.8) is 0 Å². The quantitative estimate of drug-likeness (QED) is 0.729. The van der Waals surface area contributed by atoms with Gasteiger partial charge in [-0.2, -0.15) is 0 Å². The van der Waals surface area contributed by atoms with E-state index in [0.717, 1.165) is 16.8 Å². The van der Waals surface area contributed by atoms with E-state index in [9.17, 15) is 4.79 Å². The third kappa shape index (κ3) is 3.40. The van der Waals surface area contributed by atoms with Crippen LogP contribution >= 0.6 is 0 Å². The average molecular weight is 332 g/mol. The molecule has 2 N–H and O–H groups in total. The minimum Gasteiger partial charge on any atom is -0.454 e. The van der Waals surface area contributed by atoms with Crippen LogP contribution in [0, 0.1) is 0 Å². The van der Waals surface area contributed by atoms with Crippen molar-refractivity contribution in [1.29, 1.82) is 0 Å². The van der Waals surface area contributed by atoms with Crippen molar-refractivity contribution in [2.75, 3.05) is 17.4 Å². The highest BCUT2D eigenvalue weighted by Crippen LogP contribution is 2.34. The Labute approximate surface area is 145 Å². The molecule has 0 radical (unpaired) electrons. The summed E-state index contributed by atoms with van der Waals surface area (Å²) in [6.45, 7) is 0.207. The molecule has 0 atom stereocenters. The fraction of sp³-hybridized carbons (Fsp3) is 0.0500. The van der Waals surface area contributed by atoms with E-state index in [0.29, 0.717) is 17.2 Å². The molecule has 25 heavy (non-hydrogen) atoms. The van der Waals surface area contributed by atoms with Crippen LogP contribution in [0.25, 0.3) is 11.1 Å². The number of nitrogens with one attached hydrogen (secondary N) is 2. The van der Waals surface area contributed by atoms with E-state index in [1.165, 1.54) is 0 Å². The Bertz CT molecular complexity index is 893. The summed E-state index contributed by atoms with van der Waals surface area (Å²) >= 11 is 0. The van der Waals surface area contributed by atoms with Gasteiger partial charge in [0.25, 0.3) is 0 Å². The fourth-order valence-electron chi connectivity index (χ4n) is 2.64. The van der Waals surface area contributed by atoms with Gasteiger partial charge >= 0.3 is 6.03 Å². The molecule has 0 fully saturated rings. The number of anilines is 2. The van der Waals surface area contributed by atoms with Gasteiger partial charge in [-0.3, -0.25) is 0 Å². The van der Waals surface area contributed by atoms with Crippen molar-refractivity contribution >= 4 is 17.4 Å². The lowest BCUT2D eigenvalue weighted by Gasteiger charge is -2.09. The van der Waals surface area contributed by atoms with Crippen molar-refractivity contribution in [3.8, 4) is 22.6 Å². The maximum absolute atomic E-state index is 12.1. The topological polar surface area (TPSA) is 59.6 Å². The van der Waals surface area contributed by atoms with Gasteiger partial charge in [0.05, 0.1) is 0 Å². The first-order valence-electron chi connectivity index (χ1n) is 7.91. The van der Waals surface area contributed by atoms with Crippen molar-refractivity contribution < 1.29 is 14.3 Å². The van der Waals surface area contributed by atoms with Gasteiger partial charge in [-0.1, -0.05) is 42.5 Å². The molecule has 0 saturated carbocycles. The Balaban J connectivity index is 1.41. The predicted octanol–water partition coefficient (Wildman–Crippen LogP) is 4.73. The molecule has 0 unspecified atom stereocenters. The second-order valence-electron chi connectivity index (χ2n) is 5.59. The van der Waals surface area contributed by atoms with Crippen LogP contribution in [0.15, 0.2) is 72.8 Å². The summed E-state index contributed by atoms with van der Waals surface area (Å²) in [5.41, 5.74) is 3.60. The molecule has 2 amide bonds. The monoisotopic (exact) mass is 332 g/mol. The largest absolute Gasteiger partial charge is 0.454 e. The van der Waals surface area contributed by atoms with E-state index in [2.05, 4.69) is 22.8 Å². The van der Waals surface area contributed by atoms with Gasteiger partial charge in [-0.25, -0.2) is 4.79 Å². The van der Waals surface area contributed by atoms with Crippen LogP contribution in [-0.4, -0.2) is 12.8 Å². The lowest BCUT2D eigenvalue weighted by atomic mass is 10.1. The van der Waals surface area contributed by atoms with E-state index in [1.807, 2.05) is 42.5 Å². The summed E-state index contributed by atoms with van der Waals surface area (Å²) in [7, 11) is 0. The number of hydrogen-bond donors (Lipinski definition) is 2. The highest BCUT2D eigenvalue weighted by molar-refractivity contribution is 6.00. The SMILES string of the molecule is O=C(Nc1ccc(-c2ccccc2)cc1)Nc1ccc2c(c1)OCO2. The van der Waals surface area contributed by atoms with Crippen LogP contribution in [0.4, 0.5) is 16.2 Å². The third-order valence-electron chi connectivity index (χ3n) is 3.88. The van der Waals surface area contributed by atoms with Crippen molar-refractivity contribution in [1.82, 2.24) is 0 Å². The number of hydrogen-bond acceptors (Lipinski definition) is 3. The first kappa shape index (κ1) is 15.1. The van der Waals surface area contributed by atoms with Gasteiger partial charge in [0.15, 0.2) is 11.5 Å². The Morgan fingerprint density at radius 3 is 2.16 bits per heavy atom. The van der Waals surface area contributed by atoms with Gasteiger partial charge in [0.2, 0.25) is 6.79 Å². The summed E-state index contributed by atoms with van der Waals surface area (Å²) in [6.07, 6.45) is 0. The number of carbonyl (C=O) groups is 1. The number of rotatable bonds is 3. The van der Waals surface area contributed by atoms with Gasteiger partial charge < -0.3 is 20.1 Å². The zero-order valence-corrected chi connectivity index (χ0v) is 13.4. The van der Waals surface area contributed by atoms with Crippen molar-refractivity contribution in [2.24, 2.45) is 0 Å². The van der Waals surface area contributed by atoms with Crippen molar-refractivity contribution in [3.05, 3.63) is 72.8 Å². The predicted molar refractivity (Wildman–Crippen MR) is 97.1 cm³/mol. The number of carbonyl (C=O) groups excluding carboxylic acids is 1. The standard InChI is InChI=1S/C20H16N2O3/c23-20(22-17-10-11-18-19(12-17)25-13-24-18)21-16-8-6-15(7-9-16)14-4-2-1-3-5-14/h1-12H,13H2,(H2,21,22,23). The average Bonchev–Trinajstić information content (AvgIpc) is 3.11. The van der Waals surface area contributed by atoms with Crippen LogP contribution in [0.1, 0.15) is 0 Å². The molecule has 4 rings (SSSR count). The molecule has 3 aromatic carbocycles. The van der Waals surface area contributed by atoms with Gasteiger partial charge in [0, 0.05) is 17.4 Å². The van der Waals surface area contributed by atoms with Crippen LogP contribution in [0.3, 0.4) is 0 Å².